The first-order valence-corrected chi connectivity index (χ1v) is 6.99. The Morgan fingerprint density at radius 3 is 2.17 bits per heavy atom. The number of hydrogen-bond acceptors (Lipinski definition) is 5. The van der Waals surface area contributed by atoms with Crippen molar-refractivity contribution in [1.29, 1.82) is 0 Å². The molecule has 0 atom stereocenters. The molecule has 0 fully saturated rings. The number of hydrogen-bond donors (Lipinski definition) is 0. The van der Waals surface area contributed by atoms with Gasteiger partial charge in [0.05, 0.1) is 17.6 Å². The number of methoxy groups -OCH3 is 1. The molecular weight excluding hydrogens is 310 g/mol. The number of rotatable bonds is 6. The van der Waals surface area contributed by atoms with E-state index in [2.05, 4.69) is 6.58 Å². The third kappa shape index (κ3) is 4.07. The van der Waals surface area contributed by atoms with E-state index in [1.807, 2.05) is 0 Å². The number of nitro benzene ring substituents is 1. The Kier molecular flexibility index (Phi) is 5.46. The Morgan fingerprint density at radius 2 is 1.67 bits per heavy atom. The predicted molar refractivity (Wildman–Crippen MR) is 89.9 cm³/mol. The Morgan fingerprint density at radius 1 is 1.08 bits per heavy atom. The standard InChI is InChI=1S/C18H15NO5/c1-3-4-17(13-5-9-15(23-2)10-6-13)18(20)24-16-11-7-14(8-12-16)19(21)22/h3-12H,1H2,2H3. The van der Waals surface area contributed by atoms with Gasteiger partial charge in [-0.2, -0.15) is 0 Å². The molecule has 0 bridgehead atoms. The minimum Gasteiger partial charge on any atom is -0.497 e. The molecule has 0 heterocycles. The van der Waals surface area contributed by atoms with Gasteiger partial charge < -0.3 is 9.47 Å². The zero-order valence-electron chi connectivity index (χ0n) is 13.0. The molecule has 0 aromatic heterocycles. The average molecular weight is 325 g/mol. The van der Waals surface area contributed by atoms with Gasteiger partial charge in [0.15, 0.2) is 0 Å². The Hall–Kier alpha value is -3.41. The first-order chi connectivity index (χ1) is 11.5. The molecule has 6 nitrogen and oxygen atoms in total. The maximum absolute atomic E-state index is 12.4. The van der Waals surface area contributed by atoms with Crippen molar-refractivity contribution in [2.45, 2.75) is 0 Å². The van der Waals surface area contributed by atoms with Crippen LogP contribution >= 0.6 is 0 Å². The van der Waals surface area contributed by atoms with Crippen LogP contribution in [0.2, 0.25) is 0 Å². The SMILES string of the molecule is C=CC=C(C(=O)Oc1ccc([N+](=O)[O-])cc1)c1ccc(OC)cc1. The third-order valence-corrected chi connectivity index (χ3v) is 3.16. The molecule has 122 valence electrons. The molecule has 0 aliphatic heterocycles. The number of esters is 1. The van der Waals surface area contributed by atoms with E-state index in [4.69, 9.17) is 9.47 Å². The van der Waals surface area contributed by atoms with Crippen molar-refractivity contribution in [3.8, 4) is 11.5 Å². The summed E-state index contributed by atoms with van der Waals surface area (Å²) in [5.74, 6) is 0.295. The number of benzene rings is 2. The van der Waals surface area contributed by atoms with Crippen molar-refractivity contribution >= 4 is 17.2 Å². The number of carbonyl (C=O) groups excluding carboxylic acids is 1. The molecule has 6 heteroatoms. The quantitative estimate of drug-likeness (QED) is 0.202. The Bertz CT molecular complexity index is 776. The minimum atomic E-state index is -0.589. The van der Waals surface area contributed by atoms with Crippen LogP contribution in [0.1, 0.15) is 5.56 Å². The minimum absolute atomic E-state index is 0.0770. The van der Waals surface area contributed by atoms with Crippen molar-refractivity contribution < 1.29 is 19.2 Å². The zero-order chi connectivity index (χ0) is 17.5. The molecule has 0 N–H and O–H groups in total. The fourth-order valence-electron chi connectivity index (χ4n) is 1.97. The van der Waals surface area contributed by atoms with Crippen molar-refractivity contribution in [3.63, 3.8) is 0 Å². The summed E-state index contributed by atoms with van der Waals surface area (Å²) in [7, 11) is 1.55. The molecule has 2 rings (SSSR count). The fraction of sp³-hybridized carbons (Fsp3) is 0.0556. The molecule has 2 aromatic carbocycles. The van der Waals surface area contributed by atoms with E-state index in [9.17, 15) is 14.9 Å². The highest BCUT2D eigenvalue weighted by atomic mass is 16.6. The number of allylic oxidation sites excluding steroid dienone is 2. The van der Waals surface area contributed by atoms with Crippen LogP contribution in [0, 0.1) is 10.1 Å². The van der Waals surface area contributed by atoms with E-state index < -0.39 is 10.9 Å². The number of nitrogens with zero attached hydrogens (tertiary/aromatic N) is 1. The van der Waals surface area contributed by atoms with Gasteiger partial charge in [0, 0.05) is 12.1 Å². The molecule has 2 aromatic rings. The second-order valence-electron chi connectivity index (χ2n) is 4.69. The van der Waals surface area contributed by atoms with Gasteiger partial charge in [-0.25, -0.2) is 4.79 Å². The van der Waals surface area contributed by atoms with E-state index in [0.29, 0.717) is 16.9 Å². The summed E-state index contributed by atoms with van der Waals surface area (Å²) in [5, 5.41) is 10.6. The zero-order valence-corrected chi connectivity index (χ0v) is 13.0. The second kappa shape index (κ2) is 7.73. The molecule has 0 radical (unpaired) electrons. The highest BCUT2D eigenvalue weighted by Crippen LogP contribution is 2.23. The molecule has 24 heavy (non-hydrogen) atoms. The molecule has 0 saturated heterocycles. The molecular formula is C18H15NO5. The molecule has 0 unspecified atom stereocenters. The Balaban J connectivity index is 2.21. The summed E-state index contributed by atoms with van der Waals surface area (Å²) in [4.78, 5) is 22.5. The third-order valence-electron chi connectivity index (χ3n) is 3.16. The number of non-ortho nitro benzene ring substituents is 1. The van der Waals surface area contributed by atoms with Crippen molar-refractivity contribution in [3.05, 3.63) is 82.9 Å². The van der Waals surface area contributed by atoms with Crippen molar-refractivity contribution in [1.82, 2.24) is 0 Å². The first-order valence-electron chi connectivity index (χ1n) is 6.99. The summed E-state index contributed by atoms with van der Waals surface area (Å²) >= 11 is 0. The van der Waals surface area contributed by atoms with Gasteiger partial charge >= 0.3 is 5.97 Å². The van der Waals surface area contributed by atoms with Gasteiger partial charge in [0.1, 0.15) is 11.5 Å². The van der Waals surface area contributed by atoms with Crippen LogP contribution in [-0.4, -0.2) is 18.0 Å². The largest absolute Gasteiger partial charge is 0.497 e. The molecule has 0 amide bonds. The predicted octanol–water partition coefficient (Wildman–Crippen LogP) is 3.78. The smallest absolute Gasteiger partial charge is 0.344 e. The van der Waals surface area contributed by atoms with Crippen LogP contribution in [-0.2, 0) is 4.79 Å². The van der Waals surface area contributed by atoms with E-state index in [1.54, 1.807) is 31.4 Å². The fourth-order valence-corrected chi connectivity index (χ4v) is 1.97. The summed E-state index contributed by atoms with van der Waals surface area (Å²) in [6, 6.07) is 12.2. The van der Waals surface area contributed by atoms with Crippen LogP contribution in [0.4, 0.5) is 5.69 Å². The van der Waals surface area contributed by atoms with Gasteiger partial charge in [-0.15, -0.1) is 0 Å². The van der Waals surface area contributed by atoms with Crippen LogP contribution in [0.15, 0.2) is 67.3 Å². The molecule has 0 aliphatic rings. The number of nitro groups is 1. The van der Waals surface area contributed by atoms with Gasteiger partial charge in [-0.05, 0) is 35.9 Å². The highest BCUT2D eigenvalue weighted by molar-refractivity contribution is 6.17. The van der Waals surface area contributed by atoms with Gasteiger partial charge in [-0.3, -0.25) is 10.1 Å². The molecule has 0 aliphatic carbocycles. The monoisotopic (exact) mass is 325 g/mol. The lowest BCUT2D eigenvalue weighted by Gasteiger charge is -2.09. The van der Waals surface area contributed by atoms with E-state index >= 15 is 0 Å². The maximum Gasteiger partial charge on any atom is 0.344 e. The molecule has 0 saturated carbocycles. The van der Waals surface area contributed by atoms with Crippen LogP contribution < -0.4 is 9.47 Å². The van der Waals surface area contributed by atoms with Gasteiger partial charge in [0.2, 0.25) is 0 Å². The number of carbonyl (C=O) groups is 1. The summed E-state index contributed by atoms with van der Waals surface area (Å²) in [6.45, 7) is 3.60. The van der Waals surface area contributed by atoms with Gasteiger partial charge in [0.25, 0.3) is 5.69 Å². The van der Waals surface area contributed by atoms with Crippen molar-refractivity contribution in [2.75, 3.05) is 7.11 Å². The topological polar surface area (TPSA) is 78.7 Å². The first kappa shape index (κ1) is 17.0. The maximum atomic E-state index is 12.4. The average Bonchev–Trinajstić information content (AvgIpc) is 2.60. The summed E-state index contributed by atoms with van der Waals surface area (Å²) in [5.41, 5.74) is 0.875. The normalized spacial score (nSPS) is 10.8. The van der Waals surface area contributed by atoms with Gasteiger partial charge in [-0.1, -0.05) is 24.8 Å². The van der Waals surface area contributed by atoms with Crippen LogP contribution in [0.3, 0.4) is 0 Å². The number of ether oxygens (including phenoxy) is 2. The van der Waals surface area contributed by atoms with E-state index in [1.165, 1.54) is 36.4 Å². The summed E-state index contributed by atoms with van der Waals surface area (Å²) in [6.07, 6.45) is 3.02. The van der Waals surface area contributed by atoms with Crippen molar-refractivity contribution in [2.24, 2.45) is 0 Å². The lowest BCUT2D eigenvalue weighted by Crippen LogP contribution is -2.10. The van der Waals surface area contributed by atoms with Crippen LogP contribution in [0.25, 0.3) is 5.57 Å². The van der Waals surface area contributed by atoms with E-state index in [0.717, 1.165) is 0 Å². The van der Waals surface area contributed by atoms with Crippen LogP contribution in [0.5, 0.6) is 11.5 Å². The molecule has 0 spiro atoms. The highest BCUT2D eigenvalue weighted by Gasteiger charge is 2.15. The van der Waals surface area contributed by atoms with E-state index in [-0.39, 0.29) is 11.4 Å². The Labute approximate surface area is 138 Å². The lowest BCUT2D eigenvalue weighted by atomic mass is 10.1. The summed E-state index contributed by atoms with van der Waals surface area (Å²) < 4.78 is 10.4. The second-order valence-corrected chi connectivity index (χ2v) is 4.69. The lowest BCUT2D eigenvalue weighted by molar-refractivity contribution is -0.384.